The number of pyridine rings is 2. The van der Waals surface area contributed by atoms with Crippen molar-refractivity contribution in [1.82, 2.24) is 45.1 Å². The summed E-state index contributed by atoms with van der Waals surface area (Å²) in [6, 6.07) is 17.4. The molecule has 52 heavy (non-hydrogen) atoms. The maximum absolute atomic E-state index is 12.6. The predicted molar refractivity (Wildman–Crippen MR) is 205 cm³/mol. The zero-order valence-electron chi connectivity index (χ0n) is 28.4. The number of H-pyrrole nitrogens is 2. The minimum absolute atomic E-state index is 0. The highest BCUT2D eigenvalue weighted by atomic mass is 32.1. The first-order chi connectivity index (χ1) is 24.2. The quantitative estimate of drug-likeness (QED) is 0.186. The second-order valence-electron chi connectivity index (χ2n) is 12.6. The molecule has 2 aromatic carbocycles. The second-order valence-corrected chi connectivity index (χ2v) is 12.6. The van der Waals surface area contributed by atoms with Crippen molar-refractivity contribution in [1.29, 1.82) is 0 Å². The smallest absolute Gasteiger partial charge is 0.261 e. The van der Waals surface area contributed by atoms with Crippen LogP contribution in [-0.4, -0.2) is 108 Å². The number of aromatic nitrogens is 6. The fraction of sp³-hybridized carbons (Fsp3) is 0.222. The highest BCUT2D eigenvalue weighted by molar-refractivity contribution is 7.59. The molecule has 0 unspecified atom stereocenters. The number of carbonyl (C=O) groups excluding carboxylic acids is 4. The second kappa shape index (κ2) is 15.9. The first-order valence-corrected chi connectivity index (χ1v) is 16.1. The van der Waals surface area contributed by atoms with Crippen molar-refractivity contribution in [3.8, 4) is 0 Å². The van der Waals surface area contributed by atoms with E-state index in [-0.39, 0.29) is 69.2 Å². The standard InChI is InChI=1S/C19H19N5O2.C17H15N5O2.2H2S/c1-23(2)14(8-12-7-13-10-21-22-17(13)20-9-12)11-24-18(25)15-5-3-4-6-16(15)19(24)26;18-12(6-10-5-11-8-20-21-15(11)19-7-10)9-22-16(23)13-3-1-2-4-14(13)17(22)24;;/h3-7,9-10,14H,8,11H2,1-2H3,(H,20,21,22);1-5,7-8,12H,6,9,18H2,(H,19,20,21);2*1H2/t14-;12-;;/m00../s1. The predicted octanol–water partition coefficient (Wildman–Crippen LogP) is 3.08. The highest BCUT2D eigenvalue weighted by Gasteiger charge is 2.37. The summed E-state index contributed by atoms with van der Waals surface area (Å²) < 4.78 is 0. The Morgan fingerprint density at radius 2 is 1.04 bits per heavy atom. The molecule has 16 heteroatoms. The Balaban J connectivity index is 0.000000194. The number of rotatable bonds is 9. The molecule has 4 N–H and O–H groups in total. The SMILES string of the molecule is CN(C)[C@@H](Cc1cnc2[nH]ncc2c1)CN1C(=O)c2ccccc2C1=O.N[C@@H](Cc1cnc2[nH]ncc2c1)CN1C(=O)c2ccccc2C1=O.S.S. The summed E-state index contributed by atoms with van der Waals surface area (Å²) in [6.45, 7) is 0.512. The van der Waals surface area contributed by atoms with Crippen LogP contribution in [0.1, 0.15) is 52.6 Å². The Bertz CT molecular complexity index is 2200. The van der Waals surface area contributed by atoms with Gasteiger partial charge in [0.2, 0.25) is 0 Å². The topological polar surface area (TPSA) is 187 Å². The summed E-state index contributed by atoms with van der Waals surface area (Å²) in [7, 11) is 3.90. The maximum atomic E-state index is 12.6. The van der Waals surface area contributed by atoms with Gasteiger partial charge in [-0.1, -0.05) is 24.3 Å². The van der Waals surface area contributed by atoms with Crippen LogP contribution in [0.25, 0.3) is 22.1 Å². The van der Waals surface area contributed by atoms with Gasteiger partial charge in [-0.25, -0.2) is 9.97 Å². The molecule has 268 valence electrons. The number of fused-ring (bicyclic) bond motifs is 4. The number of likely N-dealkylation sites (N-methyl/N-ethyl adjacent to an activating group) is 1. The van der Waals surface area contributed by atoms with E-state index in [1.54, 1.807) is 73.3 Å². The van der Waals surface area contributed by atoms with Crippen molar-refractivity contribution in [2.24, 2.45) is 5.73 Å². The molecule has 14 nitrogen and oxygen atoms in total. The van der Waals surface area contributed by atoms with Gasteiger partial charge >= 0.3 is 0 Å². The molecule has 8 rings (SSSR count). The molecule has 0 bridgehead atoms. The van der Waals surface area contributed by atoms with Gasteiger partial charge in [0.1, 0.15) is 0 Å². The molecule has 6 heterocycles. The van der Waals surface area contributed by atoms with Crippen LogP contribution in [0.15, 0.2) is 85.5 Å². The zero-order valence-corrected chi connectivity index (χ0v) is 30.4. The van der Waals surface area contributed by atoms with Crippen LogP contribution in [-0.2, 0) is 12.8 Å². The zero-order chi connectivity index (χ0) is 34.9. The number of carbonyl (C=O) groups is 4. The molecule has 0 fully saturated rings. The van der Waals surface area contributed by atoms with Gasteiger partial charge < -0.3 is 10.6 Å². The van der Waals surface area contributed by atoms with Crippen molar-refractivity contribution >= 4 is 72.7 Å². The van der Waals surface area contributed by atoms with Gasteiger partial charge in [0, 0.05) is 48.3 Å². The Morgan fingerprint density at radius 1 is 0.635 bits per heavy atom. The van der Waals surface area contributed by atoms with Gasteiger partial charge in [-0.15, -0.1) is 0 Å². The molecular weight excluding hydrogens is 701 g/mol. The Hall–Kier alpha value is -5.42. The third-order valence-electron chi connectivity index (χ3n) is 8.96. The molecule has 0 saturated heterocycles. The summed E-state index contributed by atoms with van der Waals surface area (Å²) >= 11 is 0. The van der Waals surface area contributed by atoms with Gasteiger partial charge in [-0.2, -0.15) is 37.2 Å². The Morgan fingerprint density at radius 3 is 1.46 bits per heavy atom. The van der Waals surface area contributed by atoms with E-state index in [1.807, 2.05) is 31.1 Å². The van der Waals surface area contributed by atoms with E-state index in [0.717, 1.165) is 27.5 Å². The molecule has 6 aromatic rings. The number of nitrogens with zero attached hydrogens (tertiary/aromatic N) is 7. The molecule has 2 aliphatic heterocycles. The van der Waals surface area contributed by atoms with Crippen molar-refractivity contribution in [2.75, 3.05) is 27.2 Å². The first-order valence-electron chi connectivity index (χ1n) is 16.1. The summed E-state index contributed by atoms with van der Waals surface area (Å²) in [5.74, 6) is -1.01. The molecular formula is C36H38N10O4S2. The molecule has 2 aliphatic rings. The third-order valence-corrected chi connectivity index (χ3v) is 8.96. The number of benzene rings is 2. The lowest BCUT2D eigenvalue weighted by atomic mass is 10.1. The average molecular weight is 739 g/mol. The van der Waals surface area contributed by atoms with Crippen LogP contribution in [0.4, 0.5) is 0 Å². The van der Waals surface area contributed by atoms with E-state index in [1.165, 1.54) is 9.80 Å². The molecule has 0 saturated carbocycles. The highest BCUT2D eigenvalue weighted by Crippen LogP contribution is 2.25. The normalized spacial score (nSPS) is 14.5. The van der Waals surface area contributed by atoms with Gasteiger partial charge in [0.05, 0.1) is 34.6 Å². The lowest BCUT2D eigenvalue weighted by Gasteiger charge is -2.28. The maximum Gasteiger partial charge on any atom is 0.261 e. The Kier molecular flexibility index (Phi) is 11.5. The molecule has 4 aromatic heterocycles. The van der Waals surface area contributed by atoms with Crippen LogP contribution >= 0.6 is 27.0 Å². The number of amides is 4. The number of nitrogens with two attached hydrogens (primary N) is 1. The molecule has 0 spiro atoms. The fourth-order valence-electron chi connectivity index (χ4n) is 6.29. The summed E-state index contributed by atoms with van der Waals surface area (Å²) in [5, 5.41) is 15.4. The van der Waals surface area contributed by atoms with Gasteiger partial charge in [0.25, 0.3) is 23.6 Å². The van der Waals surface area contributed by atoms with Crippen molar-refractivity contribution in [2.45, 2.75) is 24.9 Å². The number of imide groups is 2. The molecule has 4 amide bonds. The lowest BCUT2D eigenvalue weighted by molar-refractivity contribution is 0.0606. The van der Waals surface area contributed by atoms with Gasteiger partial charge in [0.15, 0.2) is 11.3 Å². The van der Waals surface area contributed by atoms with Crippen LogP contribution in [0.3, 0.4) is 0 Å². The van der Waals surface area contributed by atoms with E-state index in [0.29, 0.717) is 47.3 Å². The van der Waals surface area contributed by atoms with Crippen LogP contribution in [0.2, 0.25) is 0 Å². The van der Waals surface area contributed by atoms with Crippen LogP contribution in [0.5, 0.6) is 0 Å². The first kappa shape index (κ1) is 37.8. The van der Waals surface area contributed by atoms with E-state index in [9.17, 15) is 19.2 Å². The average Bonchev–Trinajstić information content (AvgIpc) is 3.89. The fourth-order valence-corrected chi connectivity index (χ4v) is 6.29. The van der Waals surface area contributed by atoms with E-state index >= 15 is 0 Å². The van der Waals surface area contributed by atoms with Crippen LogP contribution < -0.4 is 5.73 Å². The van der Waals surface area contributed by atoms with Gasteiger partial charge in [-0.05, 0) is 74.5 Å². The van der Waals surface area contributed by atoms with E-state index in [4.69, 9.17) is 5.73 Å². The van der Waals surface area contributed by atoms with E-state index < -0.39 is 0 Å². The number of nitrogens with one attached hydrogen (secondary N) is 2. The van der Waals surface area contributed by atoms with Crippen molar-refractivity contribution in [3.05, 3.63) is 119 Å². The van der Waals surface area contributed by atoms with Crippen molar-refractivity contribution < 1.29 is 19.2 Å². The lowest BCUT2D eigenvalue weighted by Crippen LogP contribution is -2.44. The number of hydrogen-bond acceptors (Lipinski definition) is 10. The van der Waals surface area contributed by atoms with E-state index in [2.05, 4.69) is 30.4 Å². The molecule has 0 aliphatic carbocycles. The third kappa shape index (κ3) is 7.45. The summed E-state index contributed by atoms with van der Waals surface area (Å²) in [4.78, 5) is 63.2. The van der Waals surface area contributed by atoms with Crippen LogP contribution in [0, 0.1) is 0 Å². The monoisotopic (exact) mass is 738 g/mol. The minimum Gasteiger partial charge on any atom is -0.326 e. The minimum atomic E-state index is -0.363. The number of aromatic amines is 2. The largest absolute Gasteiger partial charge is 0.326 e. The number of hydrogen-bond donors (Lipinski definition) is 3. The summed E-state index contributed by atoms with van der Waals surface area (Å²) in [5.41, 5.74) is 11.4. The van der Waals surface area contributed by atoms with Crippen molar-refractivity contribution in [3.63, 3.8) is 0 Å². The van der Waals surface area contributed by atoms with Gasteiger partial charge in [-0.3, -0.25) is 39.2 Å². The Labute approximate surface area is 312 Å². The molecule has 2 atom stereocenters. The molecule has 0 radical (unpaired) electrons. The summed E-state index contributed by atoms with van der Waals surface area (Å²) in [6.07, 6.45) is 8.15.